The van der Waals surface area contributed by atoms with E-state index in [9.17, 15) is 14.3 Å². The van der Waals surface area contributed by atoms with Gasteiger partial charge in [-0.15, -0.1) is 0 Å². The lowest BCUT2D eigenvalue weighted by Gasteiger charge is -2.14. The third-order valence-electron chi connectivity index (χ3n) is 2.50. The van der Waals surface area contributed by atoms with Gasteiger partial charge in [0, 0.05) is 6.54 Å². The molecule has 1 rings (SSSR count). The number of amides is 1. The largest absolute Gasteiger partial charge is 0.391 e. The Morgan fingerprint density at radius 1 is 1.37 bits per heavy atom. The zero-order valence-corrected chi connectivity index (χ0v) is 12.2. The second kappa shape index (κ2) is 7.08. The van der Waals surface area contributed by atoms with Crippen LogP contribution >= 0.6 is 23.2 Å². The van der Waals surface area contributed by atoms with Gasteiger partial charge in [-0.3, -0.25) is 4.79 Å². The fourth-order valence-electron chi connectivity index (χ4n) is 1.63. The summed E-state index contributed by atoms with van der Waals surface area (Å²) in [6.45, 7) is 4.03. The first-order chi connectivity index (χ1) is 8.81. The average molecular weight is 308 g/mol. The maximum atomic E-state index is 13.3. The van der Waals surface area contributed by atoms with Gasteiger partial charge in [0.2, 0.25) is 0 Å². The number of carbonyl (C=O) groups excluding carboxylic acids is 1. The molecule has 0 bridgehead atoms. The third kappa shape index (κ3) is 4.97. The smallest absolute Gasteiger partial charge is 0.252 e. The summed E-state index contributed by atoms with van der Waals surface area (Å²) >= 11 is 11.4. The second-order valence-corrected chi connectivity index (χ2v) is 5.55. The molecule has 0 spiro atoms. The minimum atomic E-state index is -0.709. The van der Waals surface area contributed by atoms with E-state index in [2.05, 4.69) is 5.32 Å². The van der Waals surface area contributed by atoms with E-state index >= 15 is 0 Å². The van der Waals surface area contributed by atoms with Gasteiger partial charge in [0.1, 0.15) is 5.82 Å². The van der Waals surface area contributed by atoms with Crippen LogP contribution in [0.1, 0.15) is 30.6 Å². The lowest BCUT2D eigenvalue weighted by atomic mass is 10.1. The van der Waals surface area contributed by atoms with Crippen LogP contribution in [0.25, 0.3) is 0 Å². The minimum absolute atomic E-state index is 0.000290. The number of hydrogen-bond donors (Lipinski definition) is 2. The number of aliphatic hydroxyl groups is 1. The summed E-state index contributed by atoms with van der Waals surface area (Å²) in [7, 11) is 0. The second-order valence-electron chi connectivity index (χ2n) is 4.74. The zero-order valence-electron chi connectivity index (χ0n) is 10.7. The van der Waals surface area contributed by atoms with Gasteiger partial charge < -0.3 is 10.4 Å². The van der Waals surface area contributed by atoms with E-state index < -0.39 is 17.8 Å². The molecule has 0 fully saturated rings. The van der Waals surface area contributed by atoms with Crippen molar-refractivity contribution in [3.63, 3.8) is 0 Å². The highest BCUT2D eigenvalue weighted by atomic mass is 35.5. The van der Waals surface area contributed by atoms with Gasteiger partial charge in [-0.25, -0.2) is 4.39 Å². The van der Waals surface area contributed by atoms with Crippen LogP contribution in [-0.4, -0.2) is 23.7 Å². The summed E-state index contributed by atoms with van der Waals surface area (Å²) in [5.41, 5.74) is 0.000290. The molecule has 0 radical (unpaired) electrons. The van der Waals surface area contributed by atoms with Crippen molar-refractivity contribution in [3.8, 4) is 0 Å². The van der Waals surface area contributed by atoms with Crippen molar-refractivity contribution in [2.75, 3.05) is 6.54 Å². The van der Waals surface area contributed by atoms with Crippen molar-refractivity contribution >= 4 is 29.1 Å². The number of aliphatic hydroxyl groups excluding tert-OH is 1. The summed E-state index contributed by atoms with van der Waals surface area (Å²) in [5.74, 6) is -0.925. The van der Waals surface area contributed by atoms with Crippen molar-refractivity contribution < 1.29 is 14.3 Å². The number of benzene rings is 1. The van der Waals surface area contributed by atoms with E-state index in [1.807, 2.05) is 13.8 Å². The van der Waals surface area contributed by atoms with Crippen LogP contribution < -0.4 is 5.32 Å². The van der Waals surface area contributed by atoms with Crippen LogP contribution in [0.15, 0.2) is 12.1 Å². The van der Waals surface area contributed by atoms with Gasteiger partial charge >= 0.3 is 0 Å². The highest BCUT2D eigenvalue weighted by Gasteiger charge is 2.15. The van der Waals surface area contributed by atoms with E-state index in [1.165, 1.54) is 6.07 Å². The molecule has 6 heteroatoms. The molecular formula is C13H16Cl2FNO2. The SMILES string of the molecule is CC(C)CC(O)CNC(=O)c1cc(F)c(Cl)cc1Cl. The van der Waals surface area contributed by atoms with Crippen molar-refractivity contribution in [1.82, 2.24) is 5.32 Å². The predicted molar refractivity (Wildman–Crippen MR) is 74.2 cm³/mol. The molecule has 0 aliphatic heterocycles. The summed E-state index contributed by atoms with van der Waals surface area (Å²) in [5, 5.41) is 12.1. The Morgan fingerprint density at radius 3 is 2.58 bits per heavy atom. The molecule has 106 valence electrons. The predicted octanol–water partition coefficient (Wildman–Crippen LogP) is 3.27. The quantitative estimate of drug-likeness (QED) is 0.820. The molecule has 0 saturated carbocycles. The summed E-state index contributed by atoms with van der Waals surface area (Å²) in [4.78, 5) is 11.8. The standard InChI is InChI=1S/C13H16Cl2FNO2/c1-7(2)3-8(18)6-17-13(19)9-4-12(16)11(15)5-10(9)14/h4-5,7-8,18H,3,6H2,1-2H3,(H,17,19). The fraction of sp³-hybridized carbons (Fsp3) is 0.462. The van der Waals surface area contributed by atoms with Crippen LogP contribution in [-0.2, 0) is 0 Å². The Kier molecular flexibility index (Phi) is 6.04. The van der Waals surface area contributed by atoms with E-state index in [1.54, 1.807) is 0 Å². The topological polar surface area (TPSA) is 49.3 Å². The van der Waals surface area contributed by atoms with Crippen molar-refractivity contribution in [2.24, 2.45) is 5.92 Å². The average Bonchev–Trinajstić information content (AvgIpc) is 2.30. The van der Waals surface area contributed by atoms with Crippen LogP contribution in [0.2, 0.25) is 10.0 Å². The van der Waals surface area contributed by atoms with Gasteiger partial charge in [0.25, 0.3) is 5.91 Å². The lowest BCUT2D eigenvalue weighted by molar-refractivity contribution is 0.0900. The first-order valence-electron chi connectivity index (χ1n) is 5.92. The van der Waals surface area contributed by atoms with E-state index in [4.69, 9.17) is 23.2 Å². The zero-order chi connectivity index (χ0) is 14.6. The molecular weight excluding hydrogens is 292 g/mol. The molecule has 0 aromatic heterocycles. The molecule has 0 aliphatic rings. The van der Waals surface area contributed by atoms with Gasteiger partial charge in [-0.05, 0) is 24.5 Å². The molecule has 3 nitrogen and oxygen atoms in total. The van der Waals surface area contributed by atoms with Crippen molar-refractivity contribution in [2.45, 2.75) is 26.4 Å². The monoisotopic (exact) mass is 307 g/mol. The Bertz CT molecular complexity index is 466. The van der Waals surface area contributed by atoms with Crippen molar-refractivity contribution in [3.05, 3.63) is 33.6 Å². The summed E-state index contributed by atoms with van der Waals surface area (Å²) < 4.78 is 13.3. The number of nitrogens with one attached hydrogen (secondary N) is 1. The van der Waals surface area contributed by atoms with Crippen LogP contribution in [0, 0.1) is 11.7 Å². The van der Waals surface area contributed by atoms with E-state index in [0.717, 1.165) is 6.07 Å². The fourth-order valence-corrected chi connectivity index (χ4v) is 2.10. The van der Waals surface area contributed by atoms with Crippen LogP contribution in [0.5, 0.6) is 0 Å². The molecule has 2 N–H and O–H groups in total. The number of hydrogen-bond acceptors (Lipinski definition) is 2. The molecule has 19 heavy (non-hydrogen) atoms. The first kappa shape index (κ1) is 16.2. The summed E-state index contributed by atoms with van der Waals surface area (Å²) in [6, 6.07) is 2.16. The van der Waals surface area contributed by atoms with Crippen molar-refractivity contribution in [1.29, 1.82) is 0 Å². The molecule has 1 atom stereocenters. The van der Waals surface area contributed by atoms with Crippen LogP contribution in [0.4, 0.5) is 4.39 Å². The van der Waals surface area contributed by atoms with Gasteiger partial charge in [0.15, 0.2) is 0 Å². The Labute approximate surface area is 121 Å². The minimum Gasteiger partial charge on any atom is -0.391 e. The van der Waals surface area contributed by atoms with Gasteiger partial charge in [0.05, 0.1) is 21.7 Å². The molecule has 1 aromatic carbocycles. The highest BCUT2D eigenvalue weighted by Crippen LogP contribution is 2.24. The molecule has 0 heterocycles. The van der Waals surface area contributed by atoms with Crippen LogP contribution in [0.3, 0.4) is 0 Å². The lowest BCUT2D eigenvalue weighted by Crippen LogP contribution is -2.33. The highest BCUT2D eigenvalue weighted by molar-refractivity contribution is 6.36. The molecule has 1 unspecified atom stereocenters. The number of rotatable bonds is 5. The number of carbonyl (C=O) groups is 1. The Balaban J connectivity index is 2.66. The normalized spacial score (nSPS) is 12.6. The maximum Gasteiger partial charge on any atom is 0.252 e. The van der Waals surface area contributed by atoms with Gasteiger partial charge in [-0.2, -0.15) is 0 Å². The number of halogens is 3. The Morgan fingerprint density at radius 2 is 2.00 bits per heavy atom. The van der Waals surface area contributed by atoms with Gasteiger partial charge in [-0.1, -0.05) is 37.0 Å². The third-order valence-corrected chi connectivity index (χ3v) is 3.10. The Hall–Kier alpha value is -0.840. The first-order valence-corrected chi connectivity index (χ1v) is 6.67. The molecule has 1 aromatic rings. The van der Waals surface area contributed by atoms with E-state index in [0.29, 0.717) is 12.3 Å². The maximum absolute atomic E-state index is 13.3. The molecule has 0 saturated heterocycles. The summed E-state index contributed by atoms with van der Waals surface area (Å²) in [6.07, 6.45) is -0.0666. The molecule has 1 amide bonds. The van der Waals surface area contributed by atoms with E-state index in [-0.39, 0.29) is 22.2 Å². The molecule has 0 aliphatic carbocycles.